The van der Waals surface area contributed by atoms with Crippen LogP contribution in [-0.4, -0.2) is 22.2 Å². The van der Waals surface area contributed by atoms with E-state index in [4.69, 9.17) is 10.2 Å². The van der Waals surface area contributed by atoms with Gasteiger partial charge in [0, 0.05) is 0 Å². The molecule has 24 heavy (non-hydrogen) atoms. The van der Waals surface area contributed by atoms with Crippen molar-refractivity contribution < 1.29 is 19.8 Å². The molecule has 0 radical (unpaired) electrons. The first kappa shape index (κ1) is 22.7. The standard InChI is InChI=1S/C20H36O4/c1-2-3-4-5-6-7-8-9-10-11-12-13-14-15-16-18(20(23)24)17-19(21)22/h9-10,18H,2-8,11-17H2,1H3,(H,21,22)(H,23,24)/b10-9-. The van der Waals surface area contributed by atoms with Crippen molar-refractivity contribution in [3.63, 3.8) is 0 Å². The quantitative estimate of drug-likeness (QED) is 0.259. The van der Waals surface area contributed by atoms with Crippen LogP contribution in [-0.2, 0) is 9.59 Å². The molecule has 0 amide bonds. The van der Waals surface area contributed by atoms with E-state index in [-0.39, 0.29) is 6.42 Å². The van der Waals surface area contributed by atoms with Gasteiger partial charge in [0.25, 0.3) is 0 Å². The van der Waals surface area contributed by atoms with E-state index in [1.54, 1.807) is 0 Å². The second-order valence-electron chi connectivity index (χ2n) is 6.65. The Labute approximate surface area is 147 Å². The maximum atomic E-state index is 10.9. The number of allylic oxidation sites excluding steroid dienone is 2. The summed E-state index contributed by atoms with van der Waals surface area (Å²) < 4.78 is 0. The lowest BCUT2D eigenvalue weighted by atomic mass is 9.97. The molecule has 0 aromatic heterocycles. The van der Waals surface area contributed by atoms with Gasteiger partial charge in [-0.2, -0.15) is 0 Å². The van der Waals surface area contributed by atoms with Gasteiger partial charge in [-0.1, -0.05) is 70.4 Å². The minimum absolute atomic E-state index is 0.267. The van der Waals surface area contributed by atoms with Crippen LogP contribution in [0.1, 0.15) is 96.8 Å². The monoisotopic (exact) mass is 340 g/mol. The third-order valence-corrected chi connectivity index (χ3v) is 4.33. The molecule has 0 fully saturated rings. The Morgan fingerprint density at radius 2 is 1.29 bits per heavy atom. The fourth-order valence-electron chi connectivity index (χ4n) is 2.81. The highest BCUT2D eigenvalue weighted by Gasteiger charge is 2.19. The summed E-state index contributed by atoms with van der Waals surface area (Å²) in [7, 11) is 0. The Morgan fingerprint density at radius 3 is 1.79 bits per heavy atom. The van der Waals surface area contributed by atoms with Crippen LogP contribution in [0.25, 0.3) is 0 Å². The number of aliphatic carboxylic acids is 2. The maximum Gasteiger partial charge on any atom is 0.307 e. The van der Waals surface area contributed by atoms with Crippen LogP contribution in [0.2, 0.25) is 0 Å². The topological polar surface area (TPSA) is 74.6 Å². The Kier molecular flexibility index (Phi) is 15.6. The minimum atomic E-state index is -1.03. The fourth-order valence-corrected chi connectivity index (χ4v) is 2.81. The van der Waals surface area contributed by atoms with Gasteiger partial charge in [-0.25, -0.2) is 0 Å². The molecule has 0 bridgehead atoms. The highest BCUT2D eigenvalue weighted by Crippen LogP contribution is 2.15. The lowest BCUT2D eigenvalue weighted by Gasteiger charge is -2.09. The molecule has 0 spiro atoms. The summed E-state index contributed by atoms with van der Waals surface area (Å²) >= 11 is 0. The molecule has 0 aromatic carbocycles. The van der Waals surface area contributed by atoms with Crippen LogP contribution >= 0.6 is 0 Å². The third kappa shape index (κ3) is 15.6. The molecular formula is C20H36O4. The summed E-state index contributed by atoms with van der Waals surface area (Å²) in [5.41, 5.74) is 0. The van der Waals surface area contributed by atoms with Crippen LogP contribution in [0.5, 0.6) is 0 Å². The van der Waals surface area contributed by atoms with Crippen molar-refractivity contribution in [1.29, 1.82) is 0 Å². The van der Waals surface area contributed by atoms with Crippen molar-refractivity contribution in [2.45, 2.75) is 96.8 Å². The zero-order chi connectivity index (χ0) is 18.0. The van der Waals surface area contributed by atoms with Crippen molar-refractivity contribution >= 4 is 11.9 Å². The molecule has 0 saturated carbocycles. The van der Waals surface area contributed by atoms with Crippen LogP contribution in [0.3, 0.4) is 0 Å². The van der Waals surface area contributed by atoms with Crippen LogP contribution in [0.15, 0.2) is 12.2 Å². The Hall–Kier alpha value is -1.32. The van der Waals surface area contributed by atoms with Gasteiger partial charge < -0.3 is 10.2 Å². The van der Waals surface area contributed by atoms with E-state index in [1.807, 2.05) is 0 Å². The van der Waals surface area contributed by atoms with Crippen molar-refractivity contribution in [3.05, 3.63) is 12.2 Å². The van der Waals surface area contributed by atoms with Gasteiger partial charge in [-0.3, -0.25) is 9.59 Å². The van der Waals surface area contributed by atoms with Gasteiger partial charge in [-0.15, -0.1) is 0 Å². The molecule has 0 rings (SSSR count). The SMILES string of the molecule is CCCCCCCC/C=C\CCCCCCC(CC(=O)O)C(=O)O. The van der Waals surface area contributed by atoms with E-state index >= 15 is 0 Å². The highest BCUT2D eigenvalue weighted by atomic mass is 16.4. The molecule has 0 aliphatic rings. The van der Waals surface area contributed by atoms with Crippen molar-refractivity contribution in [1.82, 2.24) is 0 Å². The molecular weight excluding hydrogens is 304 g/mol. The molecule has 0 aliphatic heterocycles. The van der Waals surface area contributed by atoms with Crippen molar-refractivity contribution in [3.8, 4) is 0 Å². The Balaban J connectivity index is 3.42. The van der Waals surface area contributed by atoms with Crippen molar-refractivity contribution in [2.24, 2.45) is 5.92 Å². The van der Waals surface area contributed by atoms with Gasteiger partial charge >= 0.3 is 11.9 Å². The number of carbonyl (C=O) groups is 2. The van der Waals surface area contributed by atoms with Gasteiger partial charge in [0.2, 0.25) is 0 Å². The molecule has 0 aliphatic carbocycles. The van der Waals surface area contributed by atoms with Gasteiger partial charge in [0.1, 0.15) is 0 Å². The van der Waals surface area contributed by atoms with E-state index in [9.17, 15) is 9.59 Å². The van der Waals surface area contributed by atoms with Gasteiger partial charge in [0.05, 0.1) is 12.3 Å². The summed E-state index contributed by atoms with van der Waals surface area (Å²) in [5, 5.41) is 17.6. The predicted octanol–water partition coefficient (Wildman–Crippen LogP) is 5.81. The zero-order valence-electron chi connectivity index (χ0n) is 15.3. The second kappa shape index (κ2) is 16.5. The number of hydrogen-bond acceptors (Lipinski definition) is 2. The zero-order valence-corrected chi connectivity index (χ0v) is 15.3. The average molecular weight is 341 g/mol. The van der Waals surface area contributed by atoms with Crippen LogP contribution in [0, 0.1) is 5.92 Å². The number of unbranched alkanes of at least 4 members (excludes halogenated alkanes) is 10. The molecule has 4 heteroatoms. The minimum Gasteiger partial charge on any atom is -0.481 e. The van der Waals surface area contributed by atoms with Crippen LogP contribution in [0.4, 0.5) is 0 Å². The van der Waals surface area contributed by atoms with Gasteiger partial charge in [0.15, 0.2) is 0 Å². The van der Waals surface area contributed by atoms with E-state index in [0.29, 0.717) is 6.42 Å². The summed E-state index contributed by atoms with van der Waals surface area (Å²) in [6, 6.07) is 0. The second-order valence-corrected chi connectivity index (χ2v) is 6.65. The summed E-state index contributed by atoms with van der Waals surface area (Å²) in [6.07, 6.45) is 19.0. The summed E-state index contributed by atoms with van der Waals surface area (Å²) in [6.45, 7) is 2.24. The molecule has 4 nitrogen and oxygen atoms in total. The number of carboxylic acid groups (broad SMARTS) is 2. The van der Waals surface area contributed by atoms with Gasteiger partial charge in [-0.05, 0) is 32.1 Å². The average Bonchev–Trinajstić information content (AvgIpc) is 2.53. The first-order valence-corrected chi connectivity index (χ1v) is 9.67. The molecule has 1 unspecified atom stereocenters. The first-order valence-electron chi connectivity index (χ1n) is 9.67. The smallest absolute Gasteiger partial charge is 0.307 e. The third-order valence-electron chi connectivity index (χ3n) is 4.33. The molecule has 140 valence electrons. The van der Waals surface area contributed by atoms with Crippen LogP contribution < -0.4 is 0 Å². The predicted molar refractivity (Wildman–Crippen MR) is 98.2 cm³/mol. The fraction of sp³-hybridized carbons (Fsp3) is 0.800. The lowest BCUT2D eigenvalue weighted by Crippen LogP contribution is -2.17. The number of rotatable bonds is 17. The van der Waals surface area contributed by atoms with E-state index in [2.05, 4.69) is 19.1 Å². The first-order chi connectivity index (χ1) is 11.6. The van der Waals surface area contributed by atoms with E-state index in [1.165, 1.54) is 44.9 Å². The Bertz CT molecular complexity index is 350. The lowest BCUT2D eigenvalue weighted by molar-refractivity contribution is -0.148. The molecule has 0 heterocycles. The summed E-state index contributed by atoms with van der Waals surface area (Å²) in [4.78, 5) is 21.5. The molecule has 2 N–H and O–H groups in total. The van der Waals surface area contributed by atoms with E-state index < -0.39 is 17.9 Å². The van der Waals surface area contributed by atoms with E-state index in [0.717, 1.165) is 32.1 Å². The van der Waals surface area contributed by atoms with Crippen molar-refractivity contribution in [2.75, 3.05) is 0 Å². The Morgan fingerprint density at radius 1 is 0.792 bits per heavy atom. The number of carboxylic acids is 2. The maximum absolute atomic E-state index is 10.9. The summed E-state index contributed by atoms with van der Waals surface area (Å²) in [5.74, 6) is -2.76. The largest absolute Gasteiger partial charge is 0.481 e. The highest BCUT2D eigenvalue weighted by molar-refractivity contribution is 5.77. The number of hydrogen-bond donors (Lipinski definition) is 2. The molecule has 0 aromatic rings. The normalized spacial score (nSPS) is 12.5. The molecule has 1 atom stereocenters. The molecule has 0 saturated heterocycles.